The molecule has 1 aliphatic carbocycles. The van der Waals surface area contributed by atoms with Crippen LogP contribution < -0.4 is 9.62 Å². The number of amides is 2. The summed E-state index contributed by atoms with van der Waals surface area (Å²) < 4.78 is 27.8. The molecule has 0 saturated heterocycles. The van der Waals surface area contributed by atoms with Gasteiger partial charge in [0.15, 0.2) is 0 Å². The lowest BCUT2D eigenvalue weighted by molar-refractivity contribution is -0.140. The number of nitrogens with zero attached hydrogens (tertiary/aromatic N) is 2. The summed E-state index contributed by atoms with van der Waals surface area (Å²) in [6, 6.07) is 23.5. The molecule has 3 aromatic carbocycles. The average molecular weight is 627 g/mol. The van der Waals surface area contributed by atoms with Gasteiger partial charge in [-0.1, -0.05) is 83.4 Å². The van der Waals surface area contributed by atoms with E-state index in [4.69, 9.17) is 0 Å². The second-order valence-corrected chi connectivity index (χ2v) is 13.3. The lowest BCUT2D eigenvalue weighted by atomic mass is 10.0. The Labute approximate surface area is 245 Å². The number of nitrogens with one attached hydrogen (secondary N) is 1. The van der Waals surface area contributed by atoms with Gasteiger partial charge in [-0.05, 0) is 60.7 Å². The zero-order valence-corrected chi connectivity index (χ0v) is 25.3. The van der Waals surface area contributed by atoms with Gasteiger partial charge in [0.1, 0.15) is 12.6 Å². The standard InChI is InChI=1S/C31H36BrN3O4S/c1-23-9-8-14-28(19-23)35(40(2,38)39)22-30(36)34(21-25-15-17-26(32)18-16-25)29(20-24-10-4-3-5-11-24)31(37)33-27-12-6-7-13-27/h3-5,8-11,14-19,27,29H,6-7,12-13,20-22H2,1-2H3,(H,33,37)/t29-/m1/s1. The number of carbonyl (C=O) groups is 2. The number of hydrogen-bond donors (Lipinski definition) is 1. The maximum atomic E-state index is 14.1. The van der Waals surface area contributed by atoms with E-state index in [1.165, 1.54) is 4.90 Å². The summed E-state index contributed by atoms with van der Waals surface area (Å²) in [5, 5.41) is 3.18. The Morgan fingerprint density at radius 1 is 0.950 bits per heavy atom. The summed E-state index contributed by atoms with van der Waals surface area (Å²) in [5.41, 5.74) is 3.05. The van der Waals surface area contributed by atoms with Gasteiger partial charge in [-0.2, -0.15) is 0 Å². The molecule has 1 atom stereocenters. The Bertz CT molecular complexity index is 1410. The molecule has 0 spiro atoms. The van der Waals surface area contributed by atoms with Gasteiger partial charge in [-0.3, -0.25) is 13.9 Å². The van der Waals surface area contributed by atoms with Crippen molar-refractivity contribution in [2.45, 2.75) is 57.7 Å². The van der Waals surface area contributed by atoms with Gasteiger partial charge in [-0.25, -0.2) is 8.42 Å². The van der Waals surface area contributed by atoms with Crippen LogP contribution in [0.25, 0.3) is 0 Å². The van der Waals surface area contributed by atoms with Gasteiger partial charge in [0.05, 0.1) is 11.9 Å². The van der Waals surface area contributed by atoms with E-state index in [1.54, 1.807) is 18.2 Å². The van der Waals surface area contributed by atoms with Crippen LogP contribution in [-0.4, -0.2) is 50.0 Å². The highest BCUT2D eigenvalue weighted by Crippen LogP contribution is 2.23. The number of carbonyl (C=O) groups excluding carboxylic acids is 2. The molecular formula is C31H36BrN3O4S. The molecule has 0 radical (unpaired) electrons. The van der Waals surface area contributed by atoms with E-state index in [0.29, 0.717) is 12.1 Å². The van der Waals surface area contributed by atoms with Crippen LogP contribution in [0, 0.1) is 6.92 Å². The van der Waals surface area contributed by atoms with Crippen molar-refractivity contribution in [2.24, 2.45) is 0 Å². The molecule has 1 saturated carbocycles. The van der Waals surface area contributed by atoms with E-state index in [-0.39, 0.29) is 18.5 Å². The van der Waals surface area contributed by atoms with E-state index in [1.807, 2.05) is 67.6 Å². The number of hydrogen-bond acceptors (Lipinski definition) is 4. The fourth-order valence-corrected chi connectivity index (χ4v) is 6.21. The third kappa shape index (κ3) is 8.17. The lowest BCUT2D eigenvalue weighted by Gasteiger charge is -2.34. The van der Waals surface area contributed by atoms with Crippen LogP contribution >= 0.6 is 15.9 Å². The average Bonchev–Trinajstić information content (AvgIpc) is 3.43. The lowest BCUT2D eigenvalue weighted by Crippen LogP contribution is -2.54. The molecule has 1 N–H and O–H groups in total. The first kappa shape index (κ1) is 29.8. The van der Waals surface area contributed by atoms with Crippen LogP contribution in [0.5, 0.6) is 0 Å². The predicted octanol–water partition coefficient (Wildman–Crippen LogP) is 5.22. The fraction of sp³-hybridized carbons (Fsp3) is 0.355. The van der Waals surface area contributed by atoms with E-state index in [2.05, 4.69) is 21.2 Å². The van der Waals surface area contributed by atoms with Crippen molar-refractivity contribution in [3.63, 3.8) is 0 Å². The van der Waals surface area contributed by atoms with Gasteiger partial charge in [0.25, 0.3) is 0 Å². The molecule has 212 valence electrons. The summed E-state index contributed by atoms with van der Waals surface area (Å²) in [5.74, 6) is -0.667. The van der Waals surface area contributed by atoms with Gasteiger partial charge >= 0.3 is 0 Å². The molecule has 0 aromatic heterocycles. The highest BCUT2D eigenvalue weighted by atomic mass is 79.9. The molecule has 4 rings (SSSR count). The van der Waals surface area contributed by atoms with Gasteiger partial charge < -0.3 is 10.2 Å². The van der Waals surface area contributed by atoms with Crippen LogP contribution in [0.4, 0.5) is 5.69 Å². The molecule has 7 nitrogen and oxygen atoms in total. The first-order valence-electron chi connectivity index (χ1n) is 13.5. The zero-order chi connectivity index (χ0) is 28.7. The Morgan fingerprint density at radius 2 is 1.62 bits per heavy atom. The van der Waals surface area contributed by atoms with Crippen LogP contribution in [-0.2, 0) is 32.6 Å². The maximum absolute atomic E-state index is 14.1. The van der Waals surface area contributed by atoms with Crippen LogP contribution in [0.2, 0.25) is 0 Å². The first-order valence-corrected chi connectivity index (χ1v) is 16.2. The fourth-order valence-electron chi connectivity index (χ4n) is 5.10. The minimum absolute atomic E-state index is 0.0789. The Hall–Kier alpha value is -3.17. The number of aryl methyl sites for hydroxylation is 1. The highest BCUT2D eigenvalue weighted by Gasteiger charge is 2.34. The predicted molar refractivity (Wildman–Crippen MR) is 162 cm³/mol. The SMILES string of the molecule is Cc1cccc(N(CC(=O)N(Cc2ccc(Br)cc2)[C@H](Cc2ccccc2)C(=O)NC2CCCC2)S(C)(=O)=O)c1. The second-order valence-electron chi connectivity index (χ2n) is 10.5. The minimum atomic E-state index is -3.79. The zero-order valence-electron chi connectivity index (χ0n) is 22.9. The molecule has 0 heterocycles. The van der Waals surface area contributed by atoms with Crippen molar-refractivity contribution in [1.82, 2.24) is 10.2 Å². The molecule has 1 fully saturated rings. The first-order chi connectivity index (χ1) is 19.1. The van der Waals surface area contributed by atoms with E-state index < -0.39 is 28.5 Å². The van der Waals surface area contributed by atoms with Crippen molar-refractivity contribution in [2.75, 3.05) is 17.1 Å². The van der Waals surface area contributed by atoms with Crippen LogP contribution in [0.1, 0.15) is 42.4 Å². The van der Waals surface area contributed by atoms with Crippen LogP contribution in [0.15, 0.2) is 83.3 Å². The Kier molecular flexibility index (Phi) is 10.0. The number of benzene rings is 3. The molecule has 0 unspecified atom stereocenters. The van der Waals surface area contributed by atoms with Gasteiger partial charge in [0.2, 0.25) is 21.8 Å². The Balaban J connectivity index is 1.72. The van der Waals surface area contributed by atoms with Crippen LogP contribution in [0.3, 0.4) is 0 Å². The number of anilines is 1. The monoisotopic (exact) mass is 625 g/mol. The van der Waals surface area contributed by atoms with Crippen molar-refractivity contribution in [3.05, 3.63) is 100 Å². The normalized spacial score (nSPS) is 14.5. The summed E-state index contributed by atoms with van der Waals surface area (Å²) in [6.07, 6.45) is 5.37. The summed E-state index contributed by atoms with van der Waals surface area (Å²) >= 11 is 3.45. The molecule has 0 bridgehead atoms. The number of rotatable bonds is 11. The van der Waals surface area contributed by atoms with Gasteiger partial charge in [0, 0.05) is 23.5 Å². The molecule has 0 aliphatic heterocycles. The molecular weight excluding hydrogens is 590 g/mol. The number of halogens is 1. The van der Waals surface area contributed by atoms with Crippen molar-refractivity contribution in [1.29, 1.82) is 0 Å². The largest absolute Gasteiger partial charge is 0.352 e. The summed E-state index contributed by atoms with van der Waals surface area (Å²) in [4.78, 5) is 29.5. The quantitative estimate of drug-likeness (QED) is 0.316. The smallest absolute Gasteiger partial charge is 0.244 e. The molecule has 40 heavy (non-hydrogen) atoms. The third-order valence-corrected chi connectivity index (χ3v) is 8.88. The van der Waals surface area contributed by atoms with E-state index in [0.717, 1.165) is 57.4 Å². The molecule has 3 aromatic rings. The van der Waals surface area contributed by atoms with E-state index >= 15 is 0 Å². The third-order valence-electron chi connectivity index (χ3n) is 7.21. The highest BCUT2D eigenvalue weighted by molar-refractivity contribution is 9.10. The van der Waals surface area contributed by atoms with Gasteiger partial charge in [-0.15, -0.1) is 0 Å². The molecule has 2 amide bonds. The topological polar surface area (TPSA) is 86.8 Å². The van der Waals surface area contributed by atoms with Crippen molar-refractivity contribution >= 4 is 43.5 Å². The molecule has 9 heteroatoms. The number of sulfonamides is 1. The summed E-state index contributed by atoms with van der Waals surface area (Å²) in [7, 11) is -3.79. The maximum Gasteiger partial charge on any atom is 0.244 e. The Morgan fingerprint density at radius 3 is 2.25 bits per heavy atom. The second kappa shape index (κ2) is 13.5. The van der Waals surface area contributed by atoms with Crippen molar-refractivity contribution in [3.8, 4) is 0 Å². The van der Waals surface area contributed by atoms with Crippen molar-refractivity contribution < 1.29 is 18.0 Å². The summed E-state index contributed by atoms with van der Waals surface area (Å²) in [6.45, 7) is 1.61. The van der Waals surface area contributed by atoms with E-state index in [9.17, 15) is 18.0 Å². The minimum Gasteiger partial charge on any atom is -0.352 e. The molecule has 1 aliphatic rings.